The summed E-state index contributed by atoms with van der Waals surface area (Å²) in [5.74, 6) is 0. The molecule has 2 aliphatic heterocycles. The van der Waals surface area contributed by atoms with Crippen LogP contribution in [0.3, 0.4) is 0 Å². The highest BCUT2D eigenvalue weighted by molar-refractivity contribution is 7.88. The fourth-order valence-electron chi connectivity index (χ4n) is 2.82. The van der Waals surface area contributed by atoms with Crippen LogP contribution in [0.25, 0.3) is 0 Å². The molecule has 2 fully saturated rings. The summed E-state index contributed by atoms with van der Waals surface area (Å²) in [6.07, 6.45) is 5.85. The van der Waals surface area contributed by atoms with Crippen LogP contribution in [-0.4, -0.2) is 69.2 Å². The summed E-state index contributed by atoms with van der Waals surface area (Å²) >= 11 is 0. The van der Waals surface area contributed by atoms with E-state index in [1.165, 1.54) is 32.2 Å². The molecule has 2 saturated heterocycles. The molecule has 6 heteroatoms. The molecular formula is C12H25N3O2S. The Balaban J connectivity index is 1.61. The van der Waals surface area contributed by atoms with Crippen LogP contribution in [0.4, 0.5) is 0 Å². The van der Waals surface area contributed by atoms with E-state index in [1.807, 2.05) is 0 Å². The quantitative estimate of drug-likeness (QED) is 0.773. The van der Waals surface area contributed by atoms with Gasteiger partial charge in [-0.2, -0.15) is 0 Å². The summed E-state index contributed by atoms with van der Waals surface area (Å²) in [5.41, 5.74) is 0. The van der Waals surface area contributed by atoms with Crippen LogP contribution in [-0.2, 0) is 10.0 Å². The highest BCUT2D eigenvalue weighted by atomic mass is 32.2. The lowest BCUT2D eigenvalue weighted by molar-refractivity contribution is 0.273. The number of likely N-dealkylation sites (tertiary alicyclic amines) is 1. The third kappa shape index (κ3) is 4.19. The second-order valence-electron chi connectivity index (χ2n) is 5.44. The van der Waals surface area contributed by atoms with Gasteiger partial charge in [-0.3, -0.25) is 0 Å². The average Bonchev–Trinajstić information content (AvgIpc) is 2.82. The van der Waals surface area contributed by atoms with Crippen molar-refractivity contribution < 1.29 is 8.42 Å². The zero-order valence-corrected chi connectivity index (χ0v) is 12.1. The Morgan fingerprint density at radius 3 is 2.28 bits per heavy atom. The van der Waals surface area contributed by atoms with E-state index in [2.05, 4.69) is 10.2 Å². The molecule has 18 heavy (non-hydrogen) atoms. The van der Waals surface area contributed by atoms with Gasteiger partial charge >= 0.3 is 0 Å². The molecule has 2 rings (SSSR count). The summed E-state index contributed by atoms with van der Waals surface area (Å²) in [4.78, 5) is 2.50. The smallest absolute Gasteiger partial charge is 0.211 e. The summed E-state index contributed by atoms with van der Waals surface area (Å²) < 4.78 is 24.3. The minimum absolute atomic E-state index is 0.491. The minimum Gasteiger partial charge on any atom is -0.313 e. The Kier molecular flexibility index (Phi) is 5.00. The van der Waals surface area contributed by atoms with Gasteiger partial charge in [0, 0.05) is 32.2 Å². The fourth-order valence-corrected chi connectivity index (χ4v) is 3.70. The molecule has 0 aromatic rings. The van der Waals surface area contributed by atoms with Gasteiger partial charge in [0.1, 0.15) is 0 Å². The number of piperidine rings is 1. The van der Waals surface area contributed by atoms with E-state index < -0.39 is 10.0 Å². The molecule has 2 aliphatic rings. The van der Waals surface area contributed by atoms with Gasteiger partial charge in [-0.25, -0.2) is 12.7 Å². The summed E-state index contributed by atoms with van der Waals surface area (Å²) in [7, 11) is -2.99. The molecule has 106 valence electrons. The third-order valence-corrected chi connectivity index (χ3v) is 5.29. The first-order valence-electron chi connectivity index (χ1n) is 6.96. The van der Waals surface area contributed by atoms with E-state index in [9.17, 15) is 8.42 Å². The molecule has 0 atom stereocenters. The monoisotopic (exact) mass is 275 g/mol. The minimum atomic E-state index is -2.99. The summed E-state index contributed by atoms with van der Waals surface area (Å²) in [6.45, 7) is 5.98. The van der Waals surface area contributed by atoms with E-state index in [4.69, 9.17) is 0 Å². The maximum Gasteiger partial charge on any atom is 0.211 e. The lowest BCUT2D eigenvalue weighted by Gasteiger charge is -2.31. The van der Waals surface area contributed by atoms with Crippen molar-refractivity contribution in [2.75, 3.05) is 45.5 Å². The third-order valence-electron chi connectivity index (χ3n) is 3.98. The van der Waals surface area contributed by atoms with E-state index in [-0.39, 0.29) is 0 Å². The number of nitrogens with one attached hydrogen (secondary N) is 1. The lowest BCUT2D eigenvalue weighted by Crippen LogP contribution is -2.46. The van der Waals surface area contributed by atoms with Crippen molar-refractivity contribution in [2.45, 2.75) is 31.7 Å². The van der Waals surface area contributed by atoms with Crippen LogP contribution in [0.2, 0.25) is 0 Å². The van der Waals surface area contributed by atoms with Crippen molar-refractivity contribution in [3.8, 4) is 0 Å². The number of hydrogen-bond acceptors (Lipinski definition) is 4. The molecular weight excluding hydrogens is 250 g/mol. The molecule has 1 N–H and O–H groups in total. The second-order valence-corrected chi connectivity index (χ2v) is 7.42. The molecule has 2 heterocycles. The predicted molar refractivity (Wildman–Crippen MR) is 73.1 cm³/mol. The highest BCUT2D eigenvalue weighted by Crippen LogP contribution is 2.13. The fraction of sp³-hybridized carbons (Fsp3) is 1.00. The Morgan fingerprint density at radius 2 is 1.72 bits per heavy atom. The van der Waals surface area contributed by atoms with Crippen LogP contribution in [0.1, 0.15) is 25.7 Å². The maximum atomic E-state index is 11.4. The zero-order chi connectivity index (χ0) is 13.0. The van der Waals surface area contributed by atoms with E-state index in [0.717, 1.165) is 25.9 Å². The topological polar surface area (TPSA) is 52.7 Å². The van der Waals surface area contributed by atoms with Gasteiger partial charge in [0.2, 0.25) is 10.0 Å². The van der Waals surface area contributed by atoms with Gasteiger partial charge in [0.25, 0.3) is 0 Å². The molecule has 0 spiro atoms. The van der Waals surface area contributed by atoms with Crippen molar-refractivity contribution in [1.29, 1.82) is 0 Å². The number of rotatable bonds is 5. The van der Waals surface area contributed by atoms with E-state index in [1.54, 1.807) is 4.31 Å². The summed E-state index contributed by atoms with van der Waals surface area (Å²) in [5, 5.41) is 3.56. The number of nitrogens with zero attached hydrogens (tertiary/aromatic N) is 2. The van der Waals surface area contributed by atoms with Crippen molar-refractivity contribution in [3.63, 3.8) is 0 Å². The first-order valence-corrected chi connectivity index (χ1v) is 8.81. The van der Waals surface area contributed by atoms with Gasteiger partial charge in [0.15, 0.2) is 0 Å². The van der Waals surface area contributed by atoms with Crippen molar-refractivity contribution in [3.05, 3.63) is 0 Å². The van der Waals surface area contributed by atoms with Crippen LogP contribution < -0.4 is 5.32 Å². The number of hydrogen-bond donors (Lipinski definition) is 1. The predicted octanol–water partition coefficient (Wildman–Crippen LogP) is 0.0958. The highest BCUT2D eigenvalue weighted by Gasteiger charge is 2.24. The molecule has 0 unspecified atom stereocenters. The average molecular weight is 275 g/mol. The van der Waals surface area contributed by atoms with Gasteiger partial charge in [-0.05, 0) is 38.8 Å². The van der Waals surface area contributed by atoms with Gasteiger partial charge in [-0.15, -0.1) is 0 Å². The Morgan fingerprint density at radius 1 is 1.11 bits per heavy atom. The molecule has 0 aromatic carbocycles. The SMILES string of the molecule is CS(=O)(=O)N1CCC(NCCN2CCCC2)CC1. The van der Waals surface area contributed by atoms with Crippen LogP contribution >= 0.6 is 0 Å². The van der Waals surface area contributed by atoms with E-state index in [0.29, 0.717) is 19.1 Å². The zero-order valence-electron chi connectivity index (χ0n) is 11.3. The van der Waals surface area contributed by atoms with Crippen molar-refractivity contribution >= 4 is 10.0 Å². The molecule has 0 bridgehead atoms. The standard InChI is InChI=1S/C12H25N3O2S/c1-18(16,17)15-9-4-12(5-10-15)13-6-11-14-7-2-3-8-14/h12-13H,2-11H2,1H3. The van der Waals surface area contributed by atoms with Crippen molar-refractivity contribution in [1.82, 2.24) is 14.5 Å². The molecule has 0 radical (unpaired) electrons. The van der Waals surface area contributed by atoms with Crippen LogP contribution in [0.5, 0.6) is 0 Å². The molecule has 0 aromatic heterocycles. The number of sulfonamides is 1. The Bertz CT molecular complexity index is 344. The lowest BCUT2D eigenvalue weighted by atomic mass is 10.1. The van der Waals surface area contributed by atoms with Crippen molar-refractivity contribution in [2.24, 2.45) is 0 Å². The first-order chi connectivity index (χ1) is 8.55. The van der Waals surface area contributed by atoms with E-state index >= 15 is 0 Å². The van der Waals surface area contributed by atoms with Gasteiger partial charge in [0.05, 0.1) is 6.26 Å². The van der Waals surface area contributed by atoms with Crippen LogP contribution in [0.15, 0.2) is 0 Å². The normalized spacial score (nSPS) is 24.7. The molecule has 5 nitrogen and oxygen atoms in total. The first kappa shape index (κ1) is 14.2. The second kappa shape index (κ2) is 6.32. The van der Waals surface area contributed by atoms with Gasteiger partial charge < -0.3 is 10.2 Å². The van der Waals surface area contributed by atoms with Crippen LogP contribution in [0, 0.1) is 0 Å². The molecule has 0 saturated carbocycles. The summed E-state index contributed by atoms with van der Waals surface area (Å²) in [6, 6.07) is 0.491. The Labute approximate surface area is 111 Å². The Hall–Kier alpha value is -0.170. The maximum absolute atomic E-state index is 11.4. The largest absolute Gasteiger partial charge is 0.313 e. The molecule has 0 amide bonds. The molecule has 0 aliphatic carbocycles. The van der Waals surface area contributed by atoms with Gasteiger partial charge in [-0.1, -0.05) is 0 Å².